The zero-order valence-corrected chi connectivity index (χ0v) is 88.8. The number of nitrogens with one attached hydrogen (secondary N) is 11. The number of nitrogens with two attached hydrogens (primary N) is 3. The van der Waals surface area contributed by atoms with Crippen LogP contribution in [0.3, 0.4) is 0 Å². The number of benzene rings is 3. The van der Waals surface area contributed by atoms with Crippen LogP contribution in [0.5, 0.6) is 5.75 Å². The number of nitrogens with zero attached hydrogens (tertiary/aromatic N) is 6. The number of aliphatic hydroxyl groups excluding tert-OH is 1. The molecule has 16 amide bonds. The highest BCUT2D eigenvalue weighted by atomic mass is 32.2. The van der Waals surface area contributed by atoms with Gasteiger partial charge in [-0.1, -0.05) is 193 Å². The number of carbonyl (C=O) groups excluding carboxylic acids is 16. The van der Waals surface area contributed by atoms with Crippen molar-refractivity contribution in [3.8, 4) is 5.75 Å². The summed E-state index contributed by atoms with van der Waals surface area (Å²) < 4.78 is 1.46. The topological polar surface area (TPSA) is 623 Å². The molecule has 3 saturated heterocycles. The van der Waals surface area contributed by atoms with E-state index in [2.05, 4.69) is 58.2 Å². The van der Waals surface area contributed by atoms with E-state index in [1.54, 1.807) is 68.6 Å². The lowest BCUT2D eigenvalue weighted by Gasteiger charge is -2.36. The number of carboxylic acids is 2. The molecule has 3 aliphatic heterocycles. The predicted octanol–water partition coefficient (Wildman–Crippen LogP) is 4.21. The first-order chi connectivity index (χ1) is 71.1. The van der Waals surface area contributed by atoms with Crippen LogP contribution in [0, 0.1) is 11.8 Å². The number of aromatic hydroxyl groups is 1. The molecule has 0 bridgehead atoms. The minimum atomic E-state index is -1.76. The maximum Gasteiger partial charge on any atom is 0.323 e. The van der Waals surface area contributed by atoms with E-state index in [4.69, 9.17) is 22.3 Å². The number of amides is 16. The van der Waals surface area contributed by atoms with Crippen molar-refractivity contribution in [1.29, 1.82) is 0 Å². The summed E-state index contributed by atoms with van der Waals surface area (Å²) >= 11 is 0.915. The van der Waals surface area contributed by atoms with Crippen LogP contribution < -0.4 is 70.4 Å². The lowest BCUT2D eigenvalue weighted by molar-refractivity contribution is -0.149. The van der Waals surface area contributed by atoms with E-state index in [-0.39, 0.29) is 120 Å². The van der Waals surface area contributed by atoms with E-state index in [0.717, 1.165) is 104 Å². The van der Waals surface area contributed by atoms with Gasteiger partial charge in [-0.15, -0.1) is 11.8 Å². The number of aliphatic hydroxyl groups is 1. The Morgan fingerprint density at radius 3 is 1.63 bits per heavy atom. The summed E-state index contributed by atoms with van der Waals surface area (Å²) in [5, 5.41) is 69.8. The molecule has 1 unspecified atom stereocenters. The molecule has 0 spiro atoms. The van der Waals surface area contributed by atoms with Crippen molar-refractivity contribution in [3.05, 3.63) is 102 Å². The van der Waals surface area contributed by atoms with Crippen LogP contribution >= 0.6 is 11.8 Å². The molecule has 42 nitrogen and oxygen atoms in total. The van der Waals surface area contributed by atoms with Gasteiger partial charge in [-0.2, -0.15) is 0 Å². The van der Waals surface area contributed by atoms with Crippen molar-refractivity contribution in [2.45, 2.75) is 345 Å². The van der Waals surface area contributed by atoms with Gasteiger partial charge in [-0.25, -0.2) is 0 Å². The largest absolute Gasteiger partial charge is 0.508 e. The molecule has 0 saturated carbocycles. The number of H-pyrrole nitrogens is 1. The molecule has 2 aromatic heterocycles. The summed E-state index contributed by atoms with van der Waals surface area (Å²) in [6.07, 6.45) is 14.9. The average Bonchev–Trinajstić information content (AvgIpc) is 1.77. The number of para-hydroxylation sites is 2. The highest BCUT2D eigenvalue weighted by Crippen LogP contribution is 2.30. The number of primary amides is 1. The highest BCUT2D eigenvalue weighted by Gasteiger charge is 2.47. The highest BCUT2D eigenvalue weighted by molar-refractivity contribution is 8.00. The third-order valence-electron chi connectivity index (χ3n) is 27.8. The zero-order valence-electron chi connectivity index (χ0n) is 87.9. The van der Waals surface area contributed by atoms with Crippen molar-refractivity contribution in [2.75, 3.05) is 65.4 Å². The van der Waals surface area contributed by atoms with Gasteiger partial charge in [-0.05, 0) is 124 Å². The number of likely N-dealkylation sites (N-methyl/N-ethyl adjacent to an activating group) is 3. The normalized spacial score (nSPS) is 23.6. The monoisotopic (exact) mass is 2100 g/mol. The second kappa shape index (κ2) is 61.4. The summed E-state index contributed by atoms with van der Waals surface area (Å²) in [4.78, 5) is 273. The van der Waals surface area contributed by atoms with Gasteiger partial charge in [0.05, 0.1) is 18.3 Å². The Hall–Kier alpha value is -12.8. The molecule has 0 aliphatic carbocycles. The summed E-state index contributed by atoms with van der Waals surface area (Å²) in [5.74, 6) is -17.5. The van der Waals surface area contributed by atoms with E-state index in [0.29, 0.717) is 77.0 Å². The van der Waals surface area contributed by atoms with Crippen molar-refractivity contribution in [1.82, 2.24) is 87.2 Å². The lowest BCUT2D eigenvalue weighted by atomic mass is 9.99. The molecule has 822 valence electrons. The third-order valence-corrected chi connectivity index (χ3v) is 28.8. The van der Waals surface area contributed by atoms with E-state index in [9.17, 15) is 58.5 Å². The fourth-order valence-electron chi connectivity index (χ4n) is 19.4. The second-order valence-electron chi connectivity index (χ2n) is 40.5. The molecule has 8 rings (SSSR count). The number of carboxylic acid groups (broad SMARTS) is 2. The summed E-state index contributed by atoms with van der Waals surface area (Å²) in [5.41, 5.74) is 20.7. The molecule has 3 fully saturated rings. The molecule has 5 aromatic rings. The Balaban J connectivity index is 1.17. The first kappa shape index (κ1) is 121. The van der Waals surface area contributed by atoms with Crippen LogP contribution in [0.2, 0.25) is 0 Å². The number of hydrogen-bond acceptors (Lipinski definition) is 23. The number of thioether (sulfide) groups is 1. The predicted molar refractivity (Wildman–Crippen MR) is 562 cm³/mol. The standard InChI is InChI=1S/C106H160N20O22S/c1-11-13-37-85-99(141)114-76(50-64(3)4)96(138)120-83(94(136)110-48-32-26-24-22-20-18-16-15-17-19-21-23-25-27-41-91(131)132)62-149-63-90(130)112-79(52-67-42-44-70(127)45-43-67)102(144)121(8)66(7)93(135)116-81(56-89(109)129)104(146)125-49-33-40-86(125)100(142)119-82(57-108)98(140)117-78(51-65(5)6)105(147)126-60-71(128)55-88(126)101(143)115-77(53-68-58-111-74-36-30-28-34-72(68)74)97(139)113-75(46-47-107)95(137)118-80(103(145)123(10)87(38-14-12-2)106(148)122(85)9)54-69-59-124(61-92(133)134)84-39-31-29-35-73(69)84/h28-31,34-36,39,42-45,58-59,64-66,71,75-83,85-88,111,127-128H,11-27,32-33,37-38,40-41,46-57,60-63,107-108H2,1-10H3,(H2,109,129)(H,110,136)(H,112,130)(H,113,139)(H,114,141)(H,115,143)(H,116,135)(H,117,140)(H,118,137)(H,119,142)(H,120,138)(H,131,132)(H,133,134)/t66-,71+,75-,76?,77-,78-,79-,80-,81-,82-,83-,85-,86-,87-,88-/m0/s1. The fourth-order valence-corrected chi connectivity index (χ4v) is 20.2. The Morgan fingerprint density at radius 2 is 1.01 bits per heavy atom. The Kier molecular flexibility index (Phi) is 50.0. The van der Waals surface area contributed by atoms with Gasteiger partial charge in [0.2, 0.25) is 94.5 Å². The SMILES string of the molecule is CCCC[C@H]1C(=O)N(C)[C@@H](CCCC)C(=O)NC(CC(C)C)C(=O)N[C@H](C(=O)NCCCCCCCCCCCCCCCCC(=O)O)CSCC(=O)N[C@@H](Cc2ccc(O)cc2)C(=O)N(C)[C@@H](C)C(=O)N[C@@H](CC(N)=O)C(=O)N2CCC[C@H]2C(=O)N[C@@H](CN)C(=O)N[C@@H](CC(C)C)C(=O)N2C[C@H](O)C[C@H]2C(=O)N[C@@H](Cc2c[nH]c3ccccc23)C(=O)N[C@@H](CCN)C(=O)N[C@@H](Cc2cn(CC(=O)O)c3ccccc23)C(=O)N1C. The van der Waals surface area contributed by atoms with Crippen molar-refractivity contribution < 1.29 is 107 Å². The first-order valence-corrected chi connectivity index (χ1v) is 53.9. The van der Waals surface area contributed by atoms with Crippen LogP contribution in [-0.4, -0.2) is 317 Å². The molecular weight excluding hydrogens is 1940 g/mol. The van der Waals surface area contributed by atoms with E-state index in [1.165, 1.54) is 72.9 Å². The Labute approximate surface area is 876 Å². The number of aromatic nitrogens is 2. The Morgan fingerprint density at radius 1 is 0.497 bits per heavy atom. The number of hydrogen-bond donors (Lipinski definition) is 18. The molecule has 149 heavy (non-hydrogen) atoms. The van der Waals surface area contributed by atoms with Gasteiger partial charge in [-0.3, -0.25) is 86.3 Å². The molecule has 43 heteroatoms. The Bertz CT molecular complexity index is 5350. The van der Waals surface area contributed by atoms with E-state index in [1.807, 2.05) is 27.7 Å². The minimum Gasteiger partial charge on any atom is -0.508 e. The number of aromatic amines is 1. The van der Waals surface area contributed by atoms with Gasteiger partial charge in [0.1, 0.15) is 96.9 Å². The van der Waals surface area contributed by atoms with Gasteiger partial charge < -0.3 is 125 Å². The number of rotatable bonds is 41. The molecular formula is C106H160N20O22S. The number of carbonyl (C=O) groups is 18. The van der Waals surface area contributed by atoms with Crippen molar-refractivity contribution in [2.24, 2.45) is 29.0 Å². The van der Waals surface area contributed by atoms with Crippen LogP contribution in [0.1, 0.15) is 245 Å². The smallest absolute Gasteiger partial charge is 0.323 e. The van der Waals surface area contributed by atoms with E-state index >= 15 is 43.2 Å². The molecule has 0 radical (unpaired) electrons. The number of fused-ring (bicyclic) bond motifs is 4. The zero-order chi connectivity index (χ0) is 109. The lowest BCUT2D eigenvalue weighted by Crippen LogP contribution is -2.62. The maximum atomic E-state index is 16.1. The van der Waals surface area contributed by atoms with Crippen LogP contribution in [-0.2, 0) is 112 Å². The summed E-state index contributed by atoms with van der Waals surface area (Å²) in [6.45, 7) is 10.4. The quantitative estimate of drug-likeness (QED) is 0.0244. The molecule has 3 aliphatic rings. The number of aliphatic carboxylic acids is 2. The molecule has 21 N–H and O–H groups in total. The van der Waals surface area contributed by atoms with E-state index < -0.39 is 229 Å². The van der Waals surface area contributed by atoms with Crippen molar-refractivity contribution >= 4 is 140 Å². The van der Waals surface area contributed by atoms with Crippen molar-refractivity contribution in [3.63, 3.8) is 0 Å². The fraction of sp³-hybridized carbons (Fsp3) is 0.623. The third kappa shape index (κ3) is 37.4. The number of phenolic OH excluding ortho intramolecular Hbond substituents is 1. The van der Waals surface area contributed by atoms with Gasteiger partial charge in [0, 0.05) is 119 Å². The van der Waals surface area contributed by atoms with Gasteiger partial charge in [0.15, 0.2) is 0 Å². The maximum absolute atomic E-state index is 16.1. The van der Waals surface area contributed by atoms with Crippen LogP contribution in [0.15, 0.2) is 85.2 Å². The van der Waals surface area contributed by atoms with Gasteiger partial charge in [0.25, 0.3) is 0 Å². The van der Waals surface area contributed by atoms with Gasteiger partial charge >= 0.3 is 11.9 Å². The first-order valence-electron chi connectivity index (χ1n) is 52.8. The van der Waals surface area contributed by atoms with Crippen LogP contribution in [0.25, 0.3) is 21.8 Å². The second-order valence-corrected chi connectivity index (χ2v) is 41.5. The number of phenols is 1. The number of unbranched alkanes of at least 4 members (excludes halogenated alkanes) is 15. The molecule has 5 heterocycles. The minimum absolute atomic E-state index is 0.00137. The molecule has 3 aromatic carbocycles. The average molecular weight is 2100 g/mol. The summed E-state index contributed by atoms with van der Waals surface area (Å²) in [7, 11) is 4.03. The summed E-state index contributed by atoms with van der Waals surface area (Å²) in [6, 6.07) is -1.45. The van der Waals surface area contributed by atoms with Crippen LogP contribution in [0.4, 0.5) is 0 Å². The molecule has 15 atom stereocenters.